The molecule has 0 aromatic carbocycles. The third kappa shape index (κ3) is 6.39. The maximum Gasteiger partial charge on any atom is 0.305 e. The summed E-state index contributed by atoms with van der Waals surface area (Å²) in [5, 5.41) is 0. The van der Waals surface area contributed by atoms with Gasteiger partial charge >= 0.3 is 5.97 Å². The van der Waals surface area contributed by atoms with E-state index in [9.17, 15) is 4.79 Å². The topological polar surface area (TPSA) is 61.5 Å². The molecule has 12 heavy (non-hydrogen) atoms. The SMILES string of the molecule is COC(=O)CCC(CN)OC.Cl. The van der Waals surface area contributed by atoms with Crippen LogP contribution < -0.4 is 5.73 Å². The second-order valence-corrected chi connectivity index (χ2v) is 2.21. The van der Waals surface area contributed by atoms with E-state index in [0.29, 0.717) is 19.4 Å². The van der Waals surface area contributed by atoms with Crippen molar-refractivity contribution >= 4 is 18.4 Å². The molecular weight excluding hydrogens is 182 g/mol. The maximum atomic E-state index is 10.6. The monoisotopic (exact) mass is 197 g/mol. The summed E-state index contributed by atoms with van der Waals surface area (Å²) < 4.78 is 9.42. The molecular formula is C7H16ClNO3. The van der Waals surface area contributed by atoms with Crippen molar-refractivity contribution in [1.82, 2.24) is 0 Å². The average Bonchev–Trinajstić information content (AvgIpc) is 2.06. The van der Waals surface area contributed by atoms with Crippen LogP contribution in [0.4, 0.5) is 0 Å². The second kappa shape index (κ2) is 8.77. The van der Waals surface area contributed by atoms with E-state index in [1.54, 1.807) is 7.11 Å². The van der Waals surface area contributed by atoms with Gasteiger partial charge in [0.15, 0.2) is 0 Å². The molecule has 0 rings (SSSR count). The number of carbonyl (C=O) groups excluding carboxylic acids is 1. The van der Waals surface area contributed by atoms with E-state index in [2.05, 4.69) is 4.74 Å². The molecule has 1 atom stereocenters. The van der Waals surface area contributed by atoms with Crippen LogP contribution in [0.25, 0.3) is 0 Å². The zero-order valence-corrected chi connectivity index (χ0v) is 8.23. The first-order valence-electron chi connectivity index (χ1n) is 3.54. The second-order valence-electron chi connectivity index (χ2n) is 2.21. The van der Waals surface area contributed by atoms with E-state index in [4.69, 9.17) is 10.5 Å². The fraction of sp³-hybridized carbons (Fsp3) is 0.857. The molecule has 0 aliphatic carbocycles. The highest BCUT2D eigenvalue weighted by molar-refractivity contribution is 5.85. The summed E-state index contributed by atoms with van der Waals surface area (Å²) in [7, 11) is 2.95. The molecule has 1 unspecified atom stereocenters. The quantitative estimate of drug-likeness (QED) is 0.646. The van der Waals surface area contributed by atoms with Crippen LogP contribution in [0.1, 0.15) is 12.8 Å². The van der Waals surface area contributed by atoms with Crippen molar-refractivity contribution in [2.45, 2.75) is 18.9 Å². The Morgan fingerprint density at radius 3 is 2.42 bits per heavy atom. The number of halogens is 1. The lowest BCUT2D eigenvalue weighted by molar-refractivity contribution is -0.141. The molecule has 0 heterocycles. The summed E-state index contributed by atoms with van der Waals surface area (Å²) >= 11 is 0. The highest BCUT2D eigenvalue weighted by atomic mass is 35.5. The van der Waals surface area contributed by atoms with Gasteiger partial charge in [0.25, 0.3) is 0 Å². The first-order chi connectivity index (χ1) is 5.24. The first kappa shape index (κ1) is 14.2. The molecule has 0 radical (unpaired) electrons. The van der Waals surface area contributed by atoms with Gasteiger partial charge in [-0.05, 0) is 6.42 Å². The summed E-state index contributed by atoms with van der Waals surface area (Å²) in [4.78, 5) is 10.6. The summed E-state index contributed by atoms with van der Waals surface area (Å²) in [6, 6.07) is 0. The van der Waals surface area contributed by atoms with Gasteiger partial charge in [0.05, 0.1) is 13.2 Å². The van der Waals surface area contributed by atoms with Gasteiger partial charge in [-0.2, -0.15) is 0 Å². The molecule has 0 aromatic rings. The molecule has 4 nitrogen and oxygen atoms in total. The van der Waals surface area contributed by atoms with Crippen LogP contribution in [0, 0.1) is 0 Å². The normalized spacial score (nSPS) is 11.6. The number of hydrogen-bond donors (Lipinski definition) is 1. The van der Waals surface area contributed by atoms with Gasteiger partial charge in [-0.15, -0.1) is 12.4 Å². The van der Waals surface area contributed by atoms with Gasteiger partial charge in [0, 0.05) is 20.1 Å². The summed E-state index contributed by atoms with van der Waals surface area (Å²) in [6.45, 7) is 0.438. The molecule has 0 amide bonds. The van der Waals surface area contributed by atoms with Crippen LogP contribution >= 0.6 is 12.4 Å². The van der Waals surface area contributed by atoms with Crippen molar-refractivity contribution in [1.29, 1.82) is 0 Å². The summed E-state index contributed by atoms with van der Waals surface area (Å²) in [5.74, 6) is -0.222. The number of methoxy groups -OCH3 is 2. The minimum atomic E-state index is -0.222. The van der Waals surface area contributed by atoms with Gasteiger partial charge in [0.1, 0.15) is 0 Å². The van der Waals surface area contributed by atoms with E-state index in [1.165, 1.54) is 7.11 Å². The van der Waals surface area contributed by atoms with E-state index < -0.39 is 0 Å². The van der Waals surface area contributed by atoms with Gasteiger partial charge in [0.2, 0.25) is 0 Å². The molecule has 0 aliphatic heterocycles. The van der Waals surface area contributed by atoms with Crippen molar-refractivity contribution in [3.63, 3.8) is 0 Å². The lowest BCUT2D eigenvalue weighted by Crippen LogP contribution is -2.23. The Hall–Kier alpha value is -0.320. The number of rotatable bonds is 5. The van der Waals surface area contributed by atoms with Gasteiger partial charge in [-0.3, -0.25) is 4.79 Å². The summed E-state index contributed by atoms with van der Waals surface area (Å²) in [5.41, 5.74) is 5.33. The predicted octanol–water partition coefficient (Wildman–Crippen LogP) is 0.335. The number of carbonyl (C=O) groups is 1. The smallest absolute Gasteiger partial charge is 0.305 e. The fourth-order valence-corrected chi connectivity index (χ4v) is 0.713. The van der Waals surface area contributed by atoms with Crippen LogP contribution in [0.5, 0.6) is 0 Å². The molecule has 0 spiro atoms. The minimum absolute atomic E-state index is 0. The standard InChI is InChI=1S/C7H15NO3.ClH/c1-10-6(5-8)3-4-7(9)11-2;/h6H,3-5,8H2,1-2H3;1H. The zero-order valence-electron chi connectivity index (χ0n) is 7.41. The molecule has 0 aliphatic rings. The van der Waals surface area contributed by atoms with Crippen LogP contribution in [0.15, 0.2) is 0 Å². The largest absolute Gasteiger partial charge is 0.469 e. The van der Waals surface area contributed by atoms with Crippen LogP contribution in [-0.4, -0.2) is 32.8 Å². The van der Waals surface area contributed by atoms with Crippen LogP contribution in [0.2, 0.25) is 0 Å². The number of ether oxygens (including phenoxy) is 2. The lowest BCUT2D eigenvalue weighted by atomic mass is 10.2. The van der Waals surface area contributed by atoms with Crippen molar-refractivity contribution in [2.24, 2.45) is 5.73 Å². The molecule has 0 bridgehead atoms. The van der Waals surface area contributed by atoms with Gasteiger partial charge < -0.3 is 15.2 Å². The molecule has 74 valence electrons. The highest BCUT2D eigenvalue weighted by Crippen LogP contribution is 2.00. The van der Waals surface area contributed by atoms with Crippen molar-refractivity contribution in [3.05, 3.63) is 0 Å². The predicted molar refractivity (Wildman–Crippen MR) is 48.3 cm³/mol. The highest BCUT2D eigenvalue weighted by Gasteiger charge is 2.07. The van der Waals surface area contributed by atoms with Crippen molar-refractivity contribution in [2.75, 3.05) is 20.8 Å². The maximum absolute atomic E-state index is 10.6. The van der Waals surface area contributed by atoms with Gasteiger partial charge in [-0.25, -0.2) is 0 Å². The van der Waals surface area contributed by atoms with Crippen LogP contribution in [-0.2, 0) is 14.3 Å². The third-order valence-corrected chi connectivity index (χ3v) is 1.49. The zero-order chi connectivity index (χ0) is 8.69. The van der Waals surface area contributed by atoms with Crippen molar-refractivity contribution in [3.8, 4) is 0 Å². The average molecular weight is 198 g/mol. The molecule has 5 heteroatoms. The number of esters is 1. The van der Waals surface area contributed by atoms with E-state index in [-0.39, 0.29) is 24.5 Å². The molecule has 0 saturated heterocycles. The Kier molecular flexibility index (Phi) is 10.4. The third-order valence-electron chi connectivity index (χ3n) is 1.49. The van der Waals surface area contributed by atoms with Crippen molar-refractivity contribution < 1.29 is 14.3 Å². The number of hydrogen-bond acceptors (Lipinski definition) is 4. The Morgan fingerprint density at radius 1 is 1.50 bits per heavy atom. The van der Waals surface area contributed by atoms with Gasteiger partial charge in [-0.1, -0.05) is 0 Å². The molecule has 0 aromatic heterocycles. The molecule has 2 N–H and O–H groups in total. The van der Waals surface area contributed by atoms with Crippen LogP contribution in [0.3, 0.4) is 0 Å². The molecule has 0 saturated carbocycles. The Bertz CT molecular complexity index is 117. The Labute approximate surface area is 78.8 Å². The summed E-state index contributed by atoms with van der Waals surface area (Å²) in [6.07, 6.45) is 0.959. The molecule has 0 fully saturated rings. The lowest BCUT2D eigenvalue weighted by Gasteiger charge is -2.10. The first-order valence-corrected chi connectivity index (χ1v) is 3.54. The Morgan fingerprint density at radius 2 is 2.08 bits per heavy atom. The van der Waals surface area contributed by atoms with E-state index in [1.807, 2.05) is 0 Å². The fourth-order valence-electron chi connectivity index (χ4n) is 0.713. The van der Waals surface area contributed by atoms with E-state index in [0.717, 1.165) is 0 Å². The van der Waals surface area contributed by atoms with E-state index >= 15 is 0 Å². The Balaban J connectivity index is 0. The number of nitrogens with two attached hydrogens (primary N) is 1. The minimum Gasteiger partial charge on any atom is -0.469 e.